The summed E-state index contributed by atoms with van der Waals surface area (Å²) in [5, 5.41) is 20.3. The number of benzene rings is 7. The molecule has 1 fully saturated rings. The molecular weight excluding hydrogens is 719 g/mol. The van der Waals surface area contributed by atoms with Gasteiger partial charge in [0, 0.05) is 21.6 Å². The lowest BCUT2D eigenvalue weighted by molar-refractivity contribution is 0.827. The monoisotopic (exact) mass is 759 g/mol. The Balaban J connectivity index is 1.12. The van der Waals surface area contributed by atoms with Crippen LogP contribution in [0.25, 0.3) is 70.9 Å². The lowest BCUT2D eigenvalue weighted by atomic mass is 9.82. The Labute approximate surface area is 344 Å². The summed E-state index contributed by atoms with van der Waals surface area (Å²) in [6.45, 7) is 8.00. The van der Waals surface area contributed by atoms with Crippen LogP contribution in [-0.2, 0) is 0 Å². The Morgan fingerprint density at radius 1 is 0.655 bits per heavy atom. The molecule has 0 aromatic heterocycles. The molecule has 1 aliphatic heterocycles. The van der Waals surface area contributed by atoms with Crippen molar-refractivity contribution in [2.24, 2.45) is 5.92 Å². The summed E-state index contributed by atoms with van der Waals surface area (Å²) in [7, 11) is 0. The maximum absolute atomic E-state index is 10.2. The average molecular weight is 760 g/mol. The maximum atomic E-state index is 10.2. The van der Waals surface area contributed by atoms with Gasteiger partial charge in [0.1, 0.15) is 0 Å². The second-order valence-corrected chi connectivity index (χ2v) is 16.8. The van der Waals surface area contributed by atoms with Crippen molar-refractivity contribution in [2.45, 2.75) is 25.5 Å². The number of rotatable bonds is 6. The Bertz CT molecular complexity index is 3040. The highest BCUT2D eigenvalue weighted by Gasteiger charge is 2.36. The number of hydrogen-bond donors (Lipinski definition) is 0. The van der Waals surface area contributed by atoms with Crippen LogP contribution in [0.3, 0.4) is 0 Å². The van der Waals surface area contributed by atoms with Crippen LogP contribution >= 0.6 is 11.8 Å². The minimum Gasteiger partial charge on any atom is -0.193 e. The second kappa shape index (κ2) is 14.7. The van der Waals surface area contributed by atoms with Crippen molar-refractivity contribution in [3.05, 3.63) is 221 Å². The fourth-order valence-corrected chi connectivity index (χ4v) is 10.7. The predicted molar refractivity (Wildman–Crippen MR) is 251 cm³/mol. The Morgan fingerprint density at radius 3 is 1.76 bits per heavy atom. The molecule has 0 spiro atoms. The highest BCUT2D eigenvalue weighted by Crippen LogP contribution is 2.53. The van der Waals surface area contributed by atoms with Crippen LogP contribution in [0.4, 0.5) is 0 Å². The number of allylic oxidation sites excluding steroid dienone is 13. The smallest absolute Gasteiger partial charge is 0.0950 e. The molecule has 0 bridgehead atoms. The van der Waals surface area contributed by atoms with Crippen LogP contribution in [0, 0.1) is 17.2 Å². The van der Waals surface area contributed by atoms with Crippen molar-refractivity contribution in [1.29, 1.82) is 5.26 Å². The van der Waals surface area contributed by atoms with Crippen LogP contribution in [0.2, 0.25) is 0 Å². The second-order valence-electron chi connectivity index (χ2n) is 15.6. The van der Waals surface area contributed by atoms with E-state index >= 15 is 0 Å². The van der Waals surface area contributed by atoms with Crippen molar-refractivity contribution in [1.82, 2.24) is 0 Å². The SMILES string of the molecule is C=C(C)/C=C\C(=C(/C)C#N)c1c2ccccc2c(C2=CC=C3C(=CC2)SC2C=CC(c4c5ccccc5c(-c5ccccc5)c5ccccc45)=CC32)c2ccccc12. The molecule has 276 valence electrons. The molecule has 2 atom stereocenters. The van der Waals surface area contributed by atoms with Crippen LogP contribution in [0.15, 0.2) is 204 Å². The summed E-state index contributed by atoms with van der Waals surface area (Å²) >= 11 is 2.00. The van der Waals surface area contributed by atoms with E-state index in [0.717, 1.165) is 33.9 Å². The van der Waals surface area contributed by atoms with Crippen molar-refractivity contribution in [3.8, 4) is 17.2 Å². The summed E-state index contributed by atoms with van der Waals surface area (Å²) in [5.41, 5.74) is 12.8. The molecule has 0 radical (unpaired) electrons. The first-order valence-electron chi connectivity index (χ1n) is 20.1. The predicted octanol–water partition coefficient (Wildman–Crippen LogP) is 15.4. The van der Waals surface area contributed by atoms with Crippen molar-refractivity contribution in [3.63, 3.8) is 0 Å². The summed E-state index contributed by atoms with van der Waals surface area (Å²) in [5.74, 6) is 0.260. The van der Waals surface area contributed by atoms with Crippen molar-refractivity contribution >= 4 is 71.6 Å². The molecule has 1 saturated heterocycles. The van der Waals surface area contributed by atoms with E-state index < -0.39 is 0 Å². The number of hydrogen-bond acceptors (Lipinski definition) is 2. The number of fused-ring (bicyclic) bond motifs is 7. The van der Waals surface area contributed by atoms with Gasteiger partial charge in [-0.1, -0.05) is 188 Å². The first-order chi connectivity index (χ1) is 28.5. The number of thioether (sulfide) groups is 1. The van der Waals surface area contributed by atoms with E-state index in [9.17, 15) is 5.26 Å². The summed E-state index contributed by atoms with van der Waals surface area (Å²) in [6.07, 6.45) is 19.5. The van der Waals surface area contributed by atoms with E-state index in [1.54, 1.807) is 0 Å². The van der Waals surface area contributed by atoms with Crippen LogP contribution < -0.4 is 0 Å². The fraction of sp³-hybridized carbons (Fsp3) is 0.0893. The van der Waals surface area contributed by atoms with Gasteiger partial charge in [0.05, 0.1) is 6.07 Å². The highest BCUT2D eigenvalue weighted by molar-refractivity contribution is 8.04. The molecule has 0 N–H and O–H groups in total. The van der Waals surface area contributed by atoms with Gasteiger partial charge >= 0.3 is 0 Å². The first kappa shape index (κ1) is 35.7. The molecule has 58 heavy (non-hydrogen) atoms. The molecule has 2 aliphatic carbocycles. The third-order valence-electron chi connectivity index (χ3n) is 12.0. The number of nitriles is 1. The van der Waals surface area contributed by atoms with Crippen molar-refractivity contribution < 1.29 is 0 Å². The Hall–Kier alpha value is -6.66. The van der Waals surface area contributed by atoms with Gasteiger partial charge in [-0.15, -0.1) is 11.8 Å². The standard InChI is InChI=1S/C56H41NS/c1-35(2)25-29-40(36(3)34-57)56-48-23-13-11-21-46(48)54(47-22-12-14-24-49(47)56)38-26-30-41-50-33-39(28-32-52(50)58-51(41)31-27-38)55-44-19-9-7-17-42(44)53(37-15-5-4-6-16-37)43-18-8-10-20-45(43)55/h4-26,28-33,50,52H,1,27H2,2-3H3/b29-25-,40-36-. The highest BCUT2D eigenvalue weighted by atomic mass is 32.2. The molecule has 3 aliphatic rings. The summed E-state index contributed by atoms with van der Waals surface area (Å²) < 4.78 is 0. The molecule has 7 aromatic rings. The third-order valence-corrected chi connectivity index (χ3v) is 13.3. The molecule has 1 heterocycles. The molecule has 2 unspecified atom stereocenters. The Morgan fingerprint density at radius 2 is 1.19 bits per heavy atom. The van der Waals surface area contributed by atoms with Gasteiger partial charge in [-0.3, -0.25) is 0 Å². The minimum atomic E-state index is 0.260. The van der Waals surface area contributed by atoms with E-state index in [1.165, 1.54) is 76.2 Å². The lowest BCUT2D eigenvalue weighted by Gasteiger charge is -2.23. The Kier molecular flexibility index (Phi) is 9.05. The zero-order valence-electron chi connectivity index (χ0n) is 32.7. The molecule has 0 saturated carbocycles. The van der Waals surface area contributed by atoms with Gasteiger partial charge < -0.3 is 0 Å². The lowest BCUT2D eigenvalue weighted by Crippen LogP contribution is -2.12. The van der Waals surface area contributed by atoms with E-state index in [1.807, 2.05) is 31.7 Å². The first-order valence-corrected chi connectivity index (χ1v) is 20.9. The quantitative estimate of drug-likeness (QED) is 0.0958. The largest absolute Gasteiger partial charge is 0.193 e. The van der Waals surface area contributed by atoms with Gasteiger partial charge in [-0.25, -0.2) is 0 Å². The van der Waals surface area contributed by atoms with Crippen molar-refractivity contribution in [2.75, 3.05) is 0 Å². The minimum absolute atomic E-state index is 0.260. The van der Waals surface area contributed by atoms with Crippen LogP contribution in [0.1, 0.15) is 37.0 Å². The maximum Gasteiger partial charge on any atom is 0.0950 e. The van der Waals surface area contributed by atoms with Crippen LogP contribution in [0.5, 0.6) is 0 Å². The zero-order chi connectivity index (χ0) is 39.3. The summed E-state index contributed by atoms with van der Waals surface area (Å²) in [6, 6.07) is 48.6. The molecular formula is C56H41NS. The molecule has 2 heteroatoms. The van der Waals surface area contributed by atoms with E-state index in [2.05, 4.69) is 183 Å². The van der Waals surface area contributed by atoms with E-state index in [0.29, 0.717) is 10.8 Å². The number of nitrogens with zero attached hydrogens (tertiary/aromatic N) is 1. The van der Waals surface area contributed by atoms with Gasteiger partial charge in [0.15, 0.2) is 0 Å². The summed E-state index contributed by atoms with van der Waals surface area (Å²) in [4.78, 5) is 1.38. The van der Waals surface area contributed by atoms with Gasteiger partial charge in [-0.05, 0) is 113 Å². The van der Waals surface area contributed by atoms with Gasteiger partial charge in [-0.2, -0.15) is 5.26 Å². The normalized spacial score (nSPS) is 17.9. The zero-order valence-corrected chi connectivity index (χ0v) is 33.5. The molecule has 0 amide bonds. The molecule has 7 aromatic carbocycles. The molecule has 1 nitrogen and oxygen atoms in total. The van der Waals surface area contributed by atoms with Crippen LogP contribution in [-0.4, -0.2) is 5.25 Å². The average Bonchev–Trinajstić information content (AvgIpc) is 3.48. The molecule has 10 rings (SSSR count). The van der Waals surface area contributed by atoms with Gasteiger partial charge in [0.25, 0.3) is 0 Å². The van der Waals surface area contributed by atoms with E-state index in [-0.39, 0.29) is 5.92 Å². The van der Waals surface area contributed by atoms with Gasteiger partial charge in [0.2, 0.25) is 0 Å². The third kappa shape index (κ3) is 5.94. The topological polar surface area (TPSA) is 23.8 Å². The van der Waals surface area contributed by atoms with E-state index in [4.69, 9.17) is 0 Å². The fourth-order valence-electron chi connectivity index (χ4n) is 9.39.